The zero-order valence-corrected chi connectivity index (χ0v) is 25.8. The molecule has 0 radical (unpaired) electrons. The van der Waals surface area contributed by atoms with Gasteiger partial charge in [-0.2, -0.15) is 26.3 Å². The standard InChI is InChI=1S/C25H34N6O2.2C2HF3O2/c1-25(2,27-4)23(32)31-20(11-7-8-14-28-24(33)26-3)22-29-16-21(30-22)19-13-12-17-9-5-6-10-18(17)15-19;2*3-2(4,5)1(6)7/h5-6,9-10,12-13,15-16,20,27H,7-8,11,14H2,1-4H3,(H,29,30)(H,31,32)(H2,26,28,33);2*(H,6,7)/t20-;;/m0../s1. The highest BCUT2D eigenvalue weighted by Crippen LogP contribution is 2.24. The average molecular weight is 679 g/mol. The molecule has 7 N–H and O–H groups in total. The number of hydrogen-bond donors (Lipinski definition) is 5. The largest absolute Gasteiger partial charge is 0.542 e. The fraction of sp³-hybridized carbons (Fsp3) is 0.414. The van der Waals surface area contributed by atoms with Crippen LogP contribution in [0.5, 0.6) is 0 Å². The van der Waals surface area contributed by atoms with Gasteiger partial charge in [0, 0.05) is 19.2 Å². The summed E-state index contributed by atoms with van der Waals surface area (Å²) in [4.78, 5) is 48.6. The normalized spacial score (nSPS) is 12.0. The van der Waals surface area contributed by atoms with E-state index in [2.05, 4.69) is 56.3 Å². The molecular formula is C29H36F6N6O6. The Balaban J connectivity index is 0.000000658. The number of aromatic amines is 2. The molecule has 0 aliphatic carbocycles. The summed E-state index contributed by atoms with van der Waals surface area (Å²) in [6.45, 7) is 4.41. The van der Waals surface area contributed by atoms with Crippen molar-refractivity contribution in [3.63, 3.8) is 0 Å². The molecule has 1 aromatic heterocycles. The van der Waals surface area contributed by atoms with Crippen molar-refractivity contribution >= 4 is 34.6 Å². The predicted molar refractivity (Wildman–Crippen MR) is 152 cm³/mol. The van der Waals surface area contributed by atoms with Gasteiger partial charge in [0.25, 0.3) is 11.7 Å². The van der Waals surface area contributed by atoms with Gasteiger partial charge in [0.2, 0.25) is 0 Å². The van der Waals surface area contributed by atoms with Crippen molar-refractivity contribution in [3.8, 4) is 11.3 Å². The van der Waals surface area contributed by atoms with Crippen LogP contribution in [-0.4, -0.2) is 67.4 Å². The third kappa shape index (κ3) is 14.0. The van der Waals surface area contributed by atoms with Crippen molar-refractivity contribution in [2.24, 2.45) is 0 Å². The minimum Gasteiger partial charge on any atom is -0.542 e. The molecule has 12 nitrogen and oxygen atoms in total. The number of imidazole rings is 1. The lowest BCUT2D eigenvalue weighted by molar-refractivity contribution is -0.681. The maximum atomic E-state index is 12.9. The Hall–Kier alpha value is -4.87. The van der Waals surface area contributed by atoms with Gasteiger partial charge in [-0.25, -0.2) is 14.8 Å². The van der Waals surface area contributed by atoms with E-state index in [-0.39, 0.29) is 18.0 Å². The number of quaternary nitrogens is 1. The number of carbonyl (C=O) groups excluding carboxylic acids is 4. The number of unbranched alkanes of at least 4 members (excludes halogenated alkanes) is 1. The topological polar surface area (TPSA) is 197 Å². The van der Waals surface area contributed by atoms with Gasteiger partial charge in [0.15, 0.2) is 11.2 Å². The number of hydrogen-bond acceptors (Lipinski definition) is 6. The summed E-state index contributed by atoms with van der Waals surface area (Å²) in [5.41, 5.74) is 1.49. The smallest absolute Gasteiger partial charge is 0.430 e. The second-order valence-electron chi connectivity index (χ2n) is 10.4. The first-order valence-electron chi connectivity index (χ1n) is 14.0. The molecule has 3 rings (SSSR count). The molecule has 0 spiro atoms. The Morgan fingerprint density at radius 3 is 1.98 bits per heavy atom. The number of amides is 3. The van der Waals surface area contributed by atoms with Crippen molar-refractivity contribution in [1.82, 2.24) is 20.9 Å². The summed E-state index contributed by atoms with van der Waals surface area (Å²) >= 11 is 0. The molecule has 1 heterocycles. The molecule has 47 heavy (non-hydrogen) atoms. The number of nitrogens with one attached hydrogen (secondary N) is 5. The quantitative estimate of drug-likeness (QED) is 0.153. The summed E-state index contributed by atoms with van der Waals surface area (Å²) in [7, 11) is 3.50. The van der Waals surface area contributed by atoms with E-state index in [0.717, 1.165) is 36.3 Å². The average Bonchev–Trinajstić information content (AvgIpc) is 3.50. The van der Waals surface area contributed by atoms with E-state index >= 15 is 0 Å². The van der Waals surface area contributed by atoms with Gasteiger partial charge >= 0.3 is 18.4 Å². The molecule has 0 unspecified atom stereocenters. The summed E-state index contributed by atoms with van der Waals surface area (Å²) in [6.07, 6.45) is -6.03. The van der Waals surface area contributed by atoms with Crippen LogP contribution in [0, 0.1) is 0 Å². The number of aliphatic carboxylic acids is 2. The lowest BCUT2D eigenvalue weighted by Crippen LogP contribution is -2.95. The summed E-state index contributed by atoms with van der Waals surface area (Å²) in [5.74, 6) is -5.17. The predicted octanol–water partition coefficient (Wildman–Crippen LogP) is 0.475. The van der Waals surface area contributed by atoms with E-state index < -0.39 is 29.8 Å². The number of halogens is 6. The lowest BCUT2D eigenvalue weighted by atomic mass is 10.0. The number of alkyl halides is 6. The molecule has 260 valence electrons. The van der Waals surface area contributed by atoms with Gasteiger partial charge in [-0.1, -0.05) is 30.3 Å². The Morgan fingerprint density at radius 2 is 1.47 bits per heavy atom. The number of carboxylic acid groups (broad SMARTS) is 2. The van der Waals surface area contributed by atoms with Gasteiger partial charge in [0.1, 0.15) is 24.2 Å². The first-order valence-corrected chi connectivity index (χ1v) is 14.0. The molecule has 1 atom stereocenters. The molecule has 0 saturated carbocycles. The van der Waals surface area contributed by atoms with Crippen molar-refractivity contribution in [2.75, 3.05) is 20.6 Å². The minimum absolute atomic E-state index is 0.0197. The number of carboxylic acids is 2. The lowest BCUT2D eigenvalue weighted by Gasteiger charge is -2.22. The van der Waals surface area contributed by atoms with Crippen LogP contribution < -0.4 is 36.5 Å². The molecule has 3 amide bonds. The highest BCUT2D eigenvalue weighted by Gasteiger charge is 2.34. The second kappa shape index (κ2) is 17.7. The Kier molecular flexibility index (Phi) is 15.1. The maximum absolute atomic E-state index is 12.9. The van der Waals surface area contributed by atoms with Crippen LogP contribution in [0.4, 0.5) is 31.1 Å². The molecule has 0 aliphatic heterocycles. The summed E-state index contributed by atoms with van der Waals surface area (Å²) in [6, 6.07) is 14.3. The van der Waals surface area contributed by atoms with E-state index in [9.17, 15) is 35.9 Å². The van der Waals surface area contributed by atoms with E-state index in [1.54, 1.807) is 7.05 Å². The molecule has 0 fully saturated rings. The van der Waals surface area contributed by atoms with Gasteiger partial charge in [-0.05, 0) is 56.0 Å². The van der Waals surface area contributed by atoms with Crippen LogP contribution >= 0.6 is 0 Å². The molecule has 0 saturated heterocycles. The molecular weight excluding hydrogens is 642 g/mol. The molecule has 18 heteroatoms. The zero-order valence-electron chi connectivity index (χ0n) is 25.8. The van der Waals surface area contributed by atoms with E-state index in [1.165, 1.54) is 10.8 Å². The number of H-pyrrole nitrogens is 2. The van der Waals surface area contributed by atoms with Crippen LogP contribution in [0.3, 0.4) is 0 Å². The monoisotopic (exact) mass is 678 g/mol. The first kappa shape index (κ1) is 40.2. The van der Waals surface area contributed by atoms with Crippen LogP contribution in [0.15, 0.2) is 48.7 Å². The Labute approximate surface area is 265 Å². The number of benzene rings is 2. The van der Waals surface area contributed by atoms with E-state index in [1.807, 2.05) is 44.5 Å². The number of aromatic nitrogens is 2. The molecule has 3 aromatic rings. The Morgan fingerprint density at radius 1 is 0.915 bits per heavy atom. The van der Waals surface area contributed by atoms with Crippen LogP contribution in [0.25, 0.3) is 22.0 Å². The van der Waals surface area contributed by atoms with Gasteiger partial charge in [-0.3, -0.25) is 4.79 Å². The van der Waals surface area contributed by atoms with Crippen molar-refractivity contribution in [3.05, 3.63) is 54.5 Å². The van der Waals surface area contributed by atoms with Crippen molar-refractivity contribution < 1.29 is 66.0 Å². The number of carbonyl (C=O) groups is 4. The number of rotatable bonds is 10. The van der Waals surface area contributed by atoms with Crippen molar-refractivity contribution in [1.29, 1.82) is 0 Å². The Bertz CT molecular complexity index is 1470. The van der Waals surface area contributed by atoms with E-state index in [4.69, 9.17) is 19.8 Å². The molecule has 0 aliphatic rings. The van der Waals surface area contributed by atoms with Crippen LogP contribution in [-0.2, 0) is 14.4 Å². The van der Waals surface area contributed by atoms with E-state index in [0.29, 0.717) is 6.54 Å². The third-order valence-corrected chi connectivity index (χ3v) is 6.56. The first-order chi connectivity index (χ1) is 21.7. The summed E-state index contributed by atoms with van der Waals surface area (Å²) < 4.78 is 63.1. The van der Waals surface area contributed by atoms with Crippen LogP contribution in [0.1, 0.15) is 45.0 Å². The minimum atomic E-state index is -5.19. The van der Waals surface area contributed by atoms with Gasteiger partial charge < -0.3 is 41.1 Å². The van der Waals surface area contributed by atoms with Gasteiger partial charge in [0.05, 0.1) is 7.05 Å². The van der Waals surface area contributed by atoms with Gasteiger partial charge in [-0.15, -0.1) is 0 Å². The number of fused-ring (bicyclic) bond motifs is 1. The third-order valence-electron chi connectivity index (χ3n) is 6.56. The van der Waals surface area contributed by atoms with Crippen LogP contribution in [0.2, 0.25) is 0 Å². The fourth-order valence-corrected chi connectivity index (χ4v) is 3.60. The fourth-order valence-electron chi connectivity index (χ4n) is 3.60. The molecule has 0 bridgehead atoms. The summed E-state index contributed by atoms with van der Waals surface area (Å²) in [5, 5.41) is 30.4. The highest BCUT2D eigenvalue weighted by atomic mass is 19.4. The molecule has 2 aromatic carbocycles. The van der Waals surface area contributed by atoms with Crippen molar-refractivity contribution in [2.45, 2.75) is 57.0 Å². The number of likely N-dealkylation sites (N-methyl/N-ethyl adjacent to an activating group) is 1. The SMILES string of the molecule is CNC(=O)NCCCC[C@H](NC(=O)C(C)(C)[NH2+]C)c1[nH]c(-c2ccc3ccccc3c2)c[nH+]1.O=C([O-])C(F)(F)F.O=C([O-])C(F)(F)F. The zero-order chi connectivity index (χ0) is 36.0. The highest BCUT2D eigenvalue weighted by molar-refractivity contribution is 5.86. The maximum Gasteiger partial charge on any atom is 0.430 e. The number of nitrogens with two attached hydrogens (primary N) is 1. The number of urea groups is 1. The second-order valence-corrected chi connectivity index (χ2v) is 10.4.